The monoisotopic (exact) mass is 397 g/mol. The lowest BCUT2D eigenvalue weighted by molar-refractivity contribution is 0.280. The maximum absolute atomic E-state index is 13.8. The Hall–Kier alpha value is -2.85. The van der Waals surface area contributed by atoms with Crippen LogP contribution in [0.5, 0.6) is 11.5 Å². The molecule has 0 aromatic heterocycles. The van der Waals surface area contributed by atoms with E-state index in [1.54, 1.807) is 36.5 Å². The second kappa shape index (κ2) is 8.89. The third-order valence-electron chi connectivity index (χ3n) is 4.30. The van der Waals surface area contributed by atoms with Crippen LogP contribution in [0, 0.1) is 19.7 Å². The Morgan fingerprint density at radius 1 is 1.07 bits per heavy atom. The van der Waals surface area contributed by atoms with Crippen LogP contribution >= 0.6 is 11.6 Å². The first-order chi connectivity index (χ1) is 13.5. The zero-order valence-electron chi connectivity index (χ0n) is 16.0. The molecule has 0 fully saturated rings. The third-order valence-corrected chi connectivity index (χ3v) is 4.58. The Morgan fingerprint density at radius 3 is 2.61 bits per heavy atom. The molecule has 3 rings (SSSR count). The fourth-order valence-corrected chi connectivity index (χ4v) is 3.00. The van der Waals surface area contributed by atoms with Gasteiger partial charge in [-0.3, -0.25) is 4.99 Å². The van der Waals surface area contributed by atoms with Crippen molar-refractivity contribution in [3.8, 4) is 11.5 Å². The van der Waals surface area contributed by atoms with Crippen LogP contribution in [0.25, 0.3) is 0 Å². The quantitative estimate of drug-likeness (QED) is 0.448. The van der Waals surface area contributed by atoms with E-state index in [4.69, 9.17) is 21.1 Å². The van der Waals surface area contributed by atoms with Crippen molar-refractivity contribution in [1.29, 1.82) is 0 Å². The molecule has 3 aromatic rings. The lowest BCUT2D eigenvalue weighted by atomic mass is 10.1. The molecule has 0 bridgehead atoms. The molecule has 3 aromatic carbocycles. The molecular weight excluding hydrogens is 377 g/mol. The van der Waals surface area contributed by atoms with Crippen molar-refractivity contribution < 1.29 is 13.9 Å². The average Bonchev–Trinajstić information content (AvgIpc) is 2.68. The summed E-state index contributed by atoms with van der Waals surface area (Å²) in [6.07, 6.45) is 1.73. The fraction of sp³-hybridized carbons (Fsp3) is 0.174. The summed E-state index contributed by atoms with van der Waals surface area (Å²) in [4.78, 5) is 4.56. The fourth-order valence-electron chi connectivity index (χ4n) is 2.72. The third kappa shape index (κ3) is 4.70. The highest BCUT2D eigenvalue weighted by atomic mass is 35.5. The van der Waals surface area contributed by atoms with Crippen molar-refractivity contribution >= 4 is 23.5 Å². The average molecular weight is 398 g/mol. The Kier molecular flexibility index (Phi) is 6.32. The van der Waals surface area contributed by atoms with Gasteiger partial charge < -0.3 is 9.47 Å². The van der Waals surface area contributed by atoms with Gasteiger partial charge in [0.25, 0.3) is 0 Å². The standard InChI is InChI=1S/C23H21ClFNO2/c1-15-8-9-16(2)21(10-15)26-13-17-11-19(24)23(22(12-17)27-3)28-14-18-6-4-5-7-20(18)25/h4-13H,14H2,1-3H3. The van der Waals surface area contributed by atoms with E-state index in [1.165, 1.54) is 13.2 Å². The highest BCUT2D eigenvalue weighted by Crippen LogP contribution is 2.37. The van der Waals surface area contributed by atoms with Crippen LogP contribution in [-0.4, -0.2) is 13.3 Å². The smallest absolute Gasteiger partial charge is 0.180 e. The lowest BCUT2D eigenvalue weighted by Crippen LogP contribution is -2.01. The molecule has 0 heterocycles. The molecule has 0 saturated heterocycles. The summed E-state index contributed by atoms with van der Waals surface area (Å²) in [6.45, 7) is 4.10. The molecule has 0 unspecified atom stereocenters. The number of rotatable bonds is 6. The Balaban J connectivity index is 1.84. The second-order valence-corrected chi connectivity index (χ2v) is 6.87. The van der Waals surface area contributed by atoms with Gasteiger partial charge in [0.15, 0.2) is 11.5 Å². The minimum Gasteiger partial charge on any atom is -0.493 e. The van der Waals surface area contributed by atoms with Crippen molar-refractivity contribution in [3.05, 3.63) is 87.7 Å². The number of aliphatic imine (C=N–C) groups is 1. The van der Waals surface area contributed by atoms with E-state index >= 15 is 0 Å². The van der Waals surface area contributed by atoms with Gasteiger partial charge in [0, 0.05) is 11.8 Å². The van der Waals surface area contributed by atoms with Crippen LogP contribution in [0.4, 0.5) is 10.1 Å². The van der Waals surface area contributed by atoms with E-state index in [0.29, 0.717) is 22.1 Å². The highest BCUT2D eigenvalue weighted by Gasteiger charge is 2.13. The van der Waals surface area contributed by atoms with Gasteiger partial charge in [0.1, 0.15) is 12.4 Å². The predicted octanol–water partition coefficient (Wildman–Crippen LogP) is 6.43. The van der Waals surface area contributed by atoms with Crippen LogP contribution in [0.3, 0.4) is 0 Å². The minimum atomic E-state index is -0.324. The summed E-state index contributed by atoms with van der Waals surface area (Å²) in [6, 6.07) is 16.1. The molecule has 144 valence electrons. The van der Waals surface area contributed by atoms with Crippen molar-refractivity contribution in [2.24, 2.45) is 4.99 Å². The molecule has 0 amide bonds. The molecule has 5 heteroatoms. The minimum absolute atomic E-state index is 0.0542. The first-order valence-corrected chi connectivity index (χ1v) is 9.21. The first kappa shape index (κ1) is 19.9. The summed E-state index contributed by atoms with van der Waals surface area (Å²) >= 11 is 6.40. The molecule has 0 spiro atoms. The highest BCUT2D eigenvalue weighted by molar-refractivity contribution is 6.32. The largest absolute Gasteiger partial charge is 0.493 e. The molecule has 0 radical (unpaired) electrons. The molecule has 28 heavy (non-hydrogen) atoms. The van der Waals surface area contributed by atoms with E-state index in [1.807, 2.05) is 26.0 Å². The van der Waals surface area contributed by atoms with Crippen LogP contribution in [0.2, 0.25) is 5.02 Å². The SMILES string of the molecule is COc1cc(C=Nc2cc(C)ccc2C)cc(Cl)c1OCc1ccccc1F. The number of hydrogen-bond donors (Lipinski definition) is 0. The summed E-state index contributed by atoms with van der Waals surface area (Å²) < 4.78 is 25.0. The summed E-state index contributed by atoms with van der Waals surface area (Å²) in [5.41, 5.74) is 4.35. The Morgan fingerprint density at radius 2 is 1.86 bits per heavy atom. The van der Waals surface area contributed by atoms with Crippen LogP contribution < -0.4 is 9.47 Å². The van der Waals surface area contributed by atoms with Crippen molar-refractivity contribution in [2.75, 3.05) is 7.11 Å². The van der Waals surface area contributed by atoms with Gasteiger partial charge in [-0.15, -0.1) is 0 Å². The zero-order valence-corrected chi connectivity index (χ0v) is 16.8. The molecule has 0 aliphatic carbocycles. The van der Waals surface area contributed by atoms with E-state index in [2.05, 4.69) is 11.1 Å². The first-order valence-electron chi connectivity index (χ1n) is 8.83. The number of ether oxygens (including phenoxy) is 2. The lowest BCUT2D eigenvalue weighted by Gasteiger charge is -2.13. The van der Waals surface area contributed by atoms with Gasteiger partial charge in [-0.25, -0.2) is 4.39 Å². The van der Waals surface area contributed by atoms with Gasteiger partial charge >= 0.3 is 0 Å². The van der Waals surface area contributed by atoms with Crippen molar-refractivity contribution in [2.45, 2.75) is 20.5 Å². The van der Waals surface area contributed by atoms with Crippen LogP contribution in [0.15, 0.2) is 59.6 Å². The topological polar surface area (TPSA) is 30.8 Å². The number of hydrogen-bond acceptors (Lipinski definition) is 3. The van der Waals surface area contributed by atoms with Gasteiger partial charge in [0.05, 0.1) is 17.8 Å². The molecule has 0 aliphatic rings. The Labute approximate surface area is 169 Å². The molecular formula is C23H21ClFNO2. The van der Waals surface area contributed by atoms with E-state index in [9.17, 15) is 4.39 Å². The van der Waals surface area contributed by atoms with E-state index in [-0.39, 0.29) is 12.4 Å². The maximum atomic E-state index is 13.8. The summed E-state index contributed by atoms with van der Waals surface area (Å²) in [5, 5.41) is 0.373. The molecule has 0 N–H and O–H groups in total. The molecule has 0 saturated carbocycles. The molecule has 0 aliphatic heterocycles. The van der Waals surface area contributed by atoms with Gasteiger partial charge in [-0.05, 0) is 54.8 Å². The normalized spacial score (nSPS) is 11.0. The van der Waals surface area contributed by atoms with Crippen molar-refractivity contribution in [3.63, 3.8) is 0 Å². The molecule has 3 nitrogen and oxygen atoms in total. The van der Waals surface area contributed by atoms with Gasteiger partial charge in [-0.1, -0.05) is 41.9 Å². The summed E-state index contributed by atoms with van der Waals surface area (Å²) in [7, 11) is 1.53. The van der Waals surface area contributed by atoms with Gasteiger partial charge in [0.2, 0.25) is 0 Å². The number of methoxy groups -OCH3 is 1. The van der Waals surface area contributed by atoms with Crippen molar-refractivity contribution in [1.82, 2.24) is 0 Å². The van der Waals surface area contributed by atoms with E-state index in [0.717, 1.165) is 22.4 Å². The number of nitrogens with zero attached hydrogens (tertiary/aromatic N) is 1. The predicted molar refractivity (Wildman–Crippen MR) is 112 cm³/mol. The maximum Gasteiger partial charge on any atom is 0.180 e. The van der Waals surface area contributed by atoms with Crippen LogP contribution in [0.1, 0.15) is 22.3 Å². The summed E-state index contributed by atoms with van der Waals surface area (Å²) in [5.74, 6) is 0.512. The van der Waals surface area contributed by atoms with Gasteiger partial charge in [-0.2, -0.15) is 0 Å². The number of benzene rings is 3. The second-order valence-electron chi connectivity index (χ2n) is 6.46. The molecule has 0 atom stereocenters. The number of aryl methyl sites for hydroxylation is 2. The van der Waals surface area contributed by atoms with E-state index < -0.39 is 0 Å². The van der Waals surface area contributed by atoms with Crippen LogP contribution in [-0.2, 0) is 6.61 Å². The number of halogens is 2. The Bertz CT molecular complexity index is 1020. The zero-order chi connectivity index (χ0) is 20.1.